The minimum atomic E-state index is 0.237. The van der Waals surface area contributed by atoms with Crippen LogP contribution in [-0.2, 0) is 4.74 Å². The van der Waals surface area contributed by atoms with Crippen LogP contribution in [0.4, 0.5) is 0 Å². The maximum absolute atomic E-state index is 8.94. The number of hydrogen-bond donors (Lipinski definition) is 2. The molecular formula is C14H31NO2. The molecule has 0 aliphatic rings. The minimum absolute atomic E-state index is 0.237. The molecule has 0 spiro atoms. The van der Waals surface area contributed by atoms with Crippen LogP contribution in [0.1, 0.15) is 58.8 Å². The van der Waals surface area contributed by atoms with Crippen molar-refractivity contribution in [2.24, 2.45) is 0 Å². The molecule has 0 rings (SSSR count). The number of hydrogen-bond acceptors (Lipinski definition) is 3. The summed E-state index contributed by atoms with van der Waals surface area (Å²) in [5.74, 6) is 0. The Balaban J connectivity index is 3.34. The van der Waals surface area contributed by atoms with E-state index in [0.29, 0.717) is 6.04 Å². The molecule has 0 fully saturated rings. The van der Waals surface area contributed by atoms with Gasteiger partial charge in [-0.1, -0.05) is 39.5 Å². The van der Waals surface area contributed by atoms with Crippen LogP contribution >= 0.6 is 0 Å². The van der Waals surface area contributed by atoms with Gasteiger partial charge < -0.3 is 15.2 Å². The van der Waals surface area contributed by atoms with E-state index in [1.165, 1.54) is 32.1 Å². The Labute approximate surface area is 107 Å². The SMILES string of the molecule is CCCCCCCOCC(CCO)NCCC. The second kappa shape index (κ2) is 13.9. The molecule has 0 aliphatic heterocycles. The fraction of sp³-hybridized carbons (Fsp3) is 1.00. The lowest BCUT2D eigenvalue weighted by Crippen LogP contribution is -2.35. The van der Waals surface area contributed by atoms with Gasteiger partial charge in [-0.05, 0) is 25.8 Å². The van der Waals surface area contributed by atoms with E-state index in [-0.39, 0.29) is 6.61 Å². The fourth-order valence-electron chi connectivity index (χ4n) is 1.78. The summed E-state index contributed by atoms with van der Waals surface area (Å²) in [6, 6.07) is 0.315. The van der Waals surface area contributed by atoms with Gasteiger partial charge in [0.15, 0.2) is 0 Å². The van der Waals surface area contributed by atoms with Gasteiger partial charge in [-0.2, -0.15) is 0 Å². The predicted octanol–water partition coefficient (Wildman–Crippen LogP) is 2.72. The zero-order chi connectivity index (χ0) is 12.8. The molecule has 0 aromatic carbocycles. The van der Waals surface area contributed by atoms with E-state index in [0.717, 1.165) is 32.6 Å². The monoisotopic (exact) mass is 245 g/mol. The largest absolute Gasteiger partial charge is 0.396 e. The number of aliphatic hydroxyl groups excluding tert-OH is 1. The normalized spacial score (nSPS) is 12.9. The quantitative estimate of drug-likeness (QED) is 0.490. The predicted molar refractivity (Wildman–Crippen MR) is 73.4 cm³/mol. The third-order valence-corrected chi connectivity index (χ3v) is 2.87. The lowest BCUT2D eigenvalue weighted by atomic mass is 10.2. The average molecular weight is 245 g/mol. The van der Waals surface area contributed by atoms with Crippen molar-refractivity contribution < 1.29 is 9.84 Å². The Bertz CT molecular complexity index is 142. The van der Waals surface area contributed by atoms with Crippen molar-refractivity contribution >= 4 is 0 Å². The van der Waals surface area contributed by atoms with Gasteiger partial charge in [0.2, 0.25) is 0 Å². The second-order valence-corrected chi connectivity index (χ2v) is 4.65. The summed E-state index contributed by atoms with van der Waals surface area (Å²) in [6.45, 7) is 7.21. The second-order valence-electron chi connectivity index (χ2n) is 4.65. The van der Waals surface area contributed by atoms with Gasteiger partial charge in [0.1, 0.15) is 0 Å². The van der Waals surface area contributed by atoms with Crippen LogP contribution in [0.5, 0.6) is 0 Å². The third kappa shape index (κ3) is 12.1. The molecule has 0 radical (unpaired) electrons. The maximum atomic E-state index is 8.94. The number of aliphatic hydroxyl groups is 1. The summed E-state index contributed by atoms with van der Waals surface area (Å²) in [6.07, 6.45) is 8.31. The first-order valence-corrected chi connectivity index (χ1v) is 7.27. The zero-order valence-corrected chi connectivity index (χ0v) is 11.7. The van der Waals surface area contributed by atoms with Crippen molar-refractivity contribution in [3.8, 4) is 0 Å². The molecule has 0 aliphatic carbocycles. The Morgan fingerprint density at radius 2 is 1.82 bits per heavy atom. The lowest BCUT2D eigenvalue weighted by molar-refractivity contribution is 0.0985. The van der Waals surface area contributed by atoms with E-state index >= 15 is 0 Å². The topological polar surface area (TPSA) is 41.5 Å². The van der Waals surface area contributed by atoms with E-state index in [2.05, 4.69) is 19.2 Å². The summed E-state index contributed by atoms with van der Waals surface area (Å²) in [5, 5.41) is 12.3. The standard InChI is InChI=1S/C14H31NO2/c1-3-5-6-7-8-12-17-13-14(9-11-16)15-10-4-2/h14-16H,3-13H2,1-2H3. The van der Waals surface area contributed by atoms with Crippen molar-refractivity contribution in [2.45, 2.75) is 64.8 Å². The van der Waals surface area contributed by atoms with Crippen LogP contribution in [-0.4, -0.2) is 37.5 Å². The average Bonchev–Trinajstić information content (AvgIpc) is 2.34. The van der Waals surface area contributed by atoms with Gasteiger partial charge in [-0.15, -0.1) is 0 Å². The first-order valence-electron chi connectivity index (χ1n) is 7.27. The molecular weight excluding hydrogens is 214 g/mol. The van der Waals surface area contributed by atoms with Gasteiger partial charge >= 0.3 is 0 Å². The van der Waals surface area contributed by atoms with Crippen LogP contribution in [0.25, 0.3) is 0 Å². The van der Waals surface area contributed by atoms with Crippen molar-refractivity contribution in [1.29, 1.82) is 0 Å². The molecule has 0 saturated carbocycles. The Kier molecular flexibility index (Phi) is 13.8. The van der Waals surface area contributed by atoms with E-state index in [4.69, 9.17) is 9.84 Å². The molecule has 104 valence electrons. The van der Waals surface area contributed by atoms with Crippen LogP contribution < -0.4 is 5.32 Å². The van der Waals surface area contributed by atoms with E-state index in [1.807, 2.05) is 0 Å². The molecule has 0 bridgehead atoms. The summed E-state index contributed by atoms with van der Waals surface area (Å²) >= 11 is 0. The Morgan fingerprint density at radius 3 is 2.47 bits per heavy atom. The first kappa shape index (κ1) is 16.9. The number of ether oxygens (including phenoxy) is 1. The Hall–Kier alpha value is -0.120. The molecule has 17 heavy (non-hydrogen) atoms. The number of nitrogens with one attached hydrogen (secondary N) is 1. The maximum Gasteiger partial charge on any atom is 0.0620 e. The van der Waals surface area contributed by atoms with Crippen LogP contribution in [0.3, 0.4) is 0 Å². The van der Waals surface area contributed by atoms with Gasteiger partial charge in [0.05, 0.1) is 6.61 Å². The van der Waals surface area contributed by atoms with Gasteiger partial charge in [0, 0.05) is 19.3 Å². The van der Waals surface area contributed by atoms with Crippen LogP contribution in [0.15, 0.2) is 0 Å². The highest BCUT2D eigenvalue weighted by Crippen LogP contribution is 2.03. The van der Waals surface area contributed by atoms with Gasteiger partial charge in [-0.25, -0.2) is 0 Å². The minimum Gasteiger partial charge on any atom is -0.396 e. The van der Waals surface area contributed by atoms with Gasteiger partial charge in [0.25, 0.3) is 0 Å². The Morgan fingerprint density at radius 1 is 1.06 bits per heavy atom. The van der Waals surface area contributed by atoms with E-state index in [9.17, 15) is 0 Å². The molecule has 0 heterocycles. The molecule has 2 N–H and O–H groups in total. The molecule has 0 aromatic heterocycles. The fourth-order valence-corrected chi connectivity index (χ4v) is 1.78. The zero-order valence-electron chi connectivity index (χ0n) is 11.7. The summed E-state index contributed by atoms with van der Waals surface area (Å²) < 4.78 is 5.65. The summed E-state index contributed by atoms with van der Waals surface area (Å²) in [7, 11) is 0. The van der Waals surface area contributed by atoms with Crippen LogP contribution in [0.2, 0.25) is 0 Å². The highest BCUT2D eigenvalue weighted by atomic mass is 16.5. The van der Waals surface area contributed by atoms with E-state index < -0.39 is 0 Å². The van der Waals surface area contributed by atoms with Crippen molar-refractivity contribution in [3.05, 3.63) is 0 Å². The molecule has 3 heteroatoms. The number of unbranched alkanes of at least 4 members (excludes halogenated alkanes) is 4. The van der Waals surface area contributed by atoms with Gasteiger partial charge in [-0.3, -0.25) is 0 Å². The molecule has 0 amide bonds. The first-order chi connectivity index (χ1) is 8.35. The smallest absolute Gasteiger partial charge is 0.0620 e. The van der Waals surface area contributed by atoms with Crippen molar-refractivity contribution in [2.75, 3.05) is 26.4 Å². The van der Waals surface area contributed by atoms with Crippen LogP contribution in [0, 0.1) is 0 Å². The van der Waals surface area contributed by atoms with Crippen molar-refractivity contribution in [3.63, 3.8) is 0 Å². The molecule has 0 aromatic rings. The molecule has 3 nitrogen and oxygen atoms in total. The molecule has 0 saturated heterocycles. The summed E-state index contributed by atoms with van der Waals surface area (Å²) in [5.41, 5.74) is 0. The van der Waals surface area contributed by atoms with E-state index in [1.54, 1.807) is 0 Å². The highest BCUT2D eigenvalue weighted by Gasteiger charge is 2.06. The van der Waals surface area contributed by atoms with Crippen molar-refractivity contribution in [1.82, 2.24) is 5.32 Å². The number of rotatable bonds is 13. The third-order valence-electron chi connectivity index (χ3n) is 2.87. The molecule has 1 atom stereocenters. The lowest BCUT2D eigenvalue weighted by Gasteiger charge is -2.17. The highest BCUT2D eigenvalue weighted by molar-refractivity contribution is 4.65. The molecule has 1 unspecified atom stereocenters. The summed E-state index contributed by atoms with van der Waals surface area (Å²) in [4.78, 5) is 0.